The quantitative estimate of drug-likeness (QED) is 0.593. The van der Waals surface area contributed by atoms with Crippen LogP contribution in [0.2, 0.25) is 0 Å². The minimum Gasteiger partial charge on any atom is -0.162 e. The lowest BCUT2D eigenvalue weighted by Gasteiger charge is -2.10. The normalized spacial score (nSPS) is 18.4. The molecule has 0 unspecified atom stereocenters. The van der Waals surface area contributed by atoms with E-state index in [0.29, 0.717) is 0 Å². The average molecular weight is 175 g/mol. The zero-order valence-corrected chi connectivity index (χ0v) is 8.15. The van der Waals surface area contributed by atoms with E-state index >= 15 is 0 Å². The third kappa shape index (κ3) is 1.41. The van der Waals surface area contributed by atoms with Gasteiger partial charge in [-0.05, 0) is 18.6 Å². The highest BCUT2D eigenvalue weighted by Crippen LogP contribution is 2.20. The van der Waals surface area contributed by atoms with Gasteiger partial charge in [-0.15, -0.1) is 0 Å². The number of hydrogen-bond acceptors (Lipinski definition) is 2. The lowest BCUT2D eigenvalue weighted by Crippen LogP contribution is -2.08. The van der Waals surface area contributed by atoms with Crippen LogP contribution in [0.1, 0.15) is 25.1 Å². The summed E-state index contributed by atoms with van der Waals surface area (Å²) in [6.45, 7) is 6.28. The second kappa shape index (κ2) is 2.55. The highest BCUT2D eigenvalue weighted by atomic mass is 15.5. The van der Waals surface area contributed by atoms with Gasteiger partial charge in [-0.1, -0.05) is 19.9 Å². The molecule has 0 amide bonds. The number of fused-ring (bicyclic) bond motifs is 1. The Morgan fingerprint density at radius 2 is 2.15 bits per heavy atom. The summed E-state index contributed by atoms with van der Waals surface area (Å²) in [6, 6.07) is 0. The maximum atomic E-state index is 4.28. The zero-order chi connectivity index (χ0) is 9.47. The Morgan fingerprint density at radius 1 is 1.38 bits per heavy atom. The number of aromatic nitrogens is 2. The topological polar surface area (TPSA) is 30.2 Å². The predicted octanol–water partition coefficient (Wildman–Crippen LogP) is 2.08. The summed E-state index contributed by atoms with van der Waals surface area (Å²) < 4.78 is 0. The van der Waals surface area contributed by atoms with Crippen molar-refractivity contribution in [1.29, 1.82) is 0 Å². The molecule has 0 aromatic carbocycles. The summed E-state index contributed by atoms with van der Waals surface area (Å²) in [4.78, 5) is 1.67. The van der Waals surface area contributed by atoms with Gasteiger partial charge in [0.1, 0.15) is 0 Å². The minimum absolute atomic E-state index is 0.0210. The van der Waals surface area contributed by atoms with Crippen molar-refractivity contribution in [2.75, 3.05) is 0 Å². The summed E-state index contributed by atoms with van der Waals surface area (Å²) in [5.74, 6) is 0. The molecule has 0 fully saturated rings. The highest BCUT2D eigenvalue weighted by Gasteiger charge is 2.15. The van der Waals surface area contributed by atoms with Gasteiger partial charge in [0, 0.05) is 11.6 Å². The van der Waals surface area contributed by atoms with Crippen LogP contribution in [0.25, 0.3) is 6.08 Å². The van der Waals surface area contributed by atoms with Crippen LogP contribution in [-0.2, 0) is 0 Å². The van der Waals surface area contributed by atoms with Gasteiger partial charge in [0.05, 0.1) is 11.9 Å². The Hall–Kier alpha value is -1.38. The van der Waals surface area contributed by atoms with Gasteiger partial charge in [0.25, 0.3) is 0 Å². The number of aryl methyl sites for hydroxylation is 1. The van der Waals surface area contributed by atoms with E-state index < -0.39 is 0 Å². The van der Waals surface area contributed by atoms with E-state index in [-0.39, 0.29) is 5.41 Å². The number of allylic oxidation sites excluding steroid dienone is 1. The van der Waals surface area contributed by atoms with E-state index in [9.17, 15) is 0 Å². The van der Waals surface area contributed by atoms with Gasteiger partial charge in [0.15, 0.2) is 0 Å². The van der Waals surface area contributed by atoms with E-state index in [1.54, 1.807) is 4.79 Å². The van der Waals surface area contributed by atoms with Crippen molar-refractivity contribution in [2.24, 2.45) is 10.5 Å². The van der Waals surface area contributed by atoms with Gasteiger partial charge in [-0.3, -0.25) is 0 Å². The molecule has 0 atom stereocenters. The molecule has 0 saturated heterocycles. The molecule has 0 saturated carbocycles. The van der Waals surface area contributed by atoms with E-state index in [0.717, 1.165) is 11.3 Å². The van der Waals surface area contributed by atoms with Crippen molar-refractivity contribution >= 4 is 12.3 Å². The van der Waals surface area contributed by atoms with Crippen molar-refractivity contribution in [2.45, 2.75) is 20.8 Å². The van der Waals surface area contributed by atoms with E-state index in [1.807, 2.05) is 19.3 Å². The summed E-state index contributed by atoms with van der Waals surface area (Å²) in [7, 11) is 0. The molecular formula is C10H13N3. The first-order valence-corrected chi connectivity index (χ1v) is 4.38. The van der Waals surface area contributed by atoms with E-state index in [1.165, 1.54) is 0 Å². The van der Waals surface area contributed by atoms with Crippen LogP contribution in [0, 0.1) is 12.3 Å². The standard InChI is InChI=1S/C10H13N3/c1-8-6-11-13-9(8)4-5-10(2,3)7-12-13/h4-7H,1-3H3. The molecule has 0 radical (unpaired) electrons. The second-order valence-corrected chi connectivity index (χ2v) is 4.00. The molecule has 1 aromatic heterocycles. The number of hydrogen-bond donors (Lipinski definition) is 0. The average Bonchev–Trinajstić information content (AvgIpc) is 2.32. The summed E-state index contributed by atoms with van der Waals surface area (Å²) in [5.41, 5.74) is 2.25. The molecule has 68 valence electrons. The molecule has 0 aliphatic carbocycles. The molecule has 0 spiro atoms. The first kappa shape index (κ1) is 8.23. The van der Waals surface area contributed by atoms with Gasteiger partial charge in [-0.2, -0.15) is 15.0 Å². The molecule has 1 aromatic rings. The molecule has 2 rings (SSSR count). The van der Waals surface area contributed by atoms with Crippen molar-refractivity contribution < 1.29 is 0 Å². The van der Waals surface area contributed by atoms with Crippen molar-refractivity contribution in [3.05, 3.63) is 23.5 Å². The van der Waals surface area contributed by atoms with Crippen molar-refractivity contribution in [1.82, 2.24) is 9.89 Å². The summed E-state index contributed by atoms with van der Waals surface area (Å²) in [5, 5.41) is 8.43. The molecule has 13 heavy (non-hydrogen) atoms. The van der Waals surface area contributed by atoms with Gasteiger partial charge in [-0.25, -0.2) is 0 Å². The molecular weight excluding hydrogens is 162 g/mol. The fraction of sp³-hybridized carbons (Fsp3) is 0.400. The molecule has 0 N–H and O–H groups in total. The van der Waals surface area contributed by atoms with Crippen LogP contribution in [0.3, 0.4) is 0 Å². The molecule has 1 aliphatic rings. The SMILES string of the molecule is Cc1cnn2c1C=CC(C)(C)C=N2. The Kier molecular flexibility index (Phi) is 1.62. The van der Waals surface area contributed by atoms with Crippen molar-refractivity contribution in [3.63, 3.8) is 0 Å². The fourth-order valence-electron chi connectivity index (χ4n) is 1.26. The summed E-state index contributed by atoms with van der Waals surface area (Å²) in [6.07, 6.45) is 7.96. The van der Waals surface area contributed by atoms with Crippen LogP contribution in [0.4, 0.5) is 0 Å². The molecule has 2 heterocycles. The maximum absolute atomic E-state index is 4.28. The first-order chi connectivity index (χ1) is 6.08. The van der Waals surface area contributed by atoms with E-state index in [2.05, 4.69) is 36.2 Å². The smallest absolute Gasteiger partial charge is 0.0898 e. The Balaban J connectivity index is 2.54. The zero-order valence-electron chi connectivity index (χ0n) is 8.15. The largest absolute Gasteiger partial charge is 0.162 e. The highest BCUT2D eigenvalue weighted by molar-refractivity contribution is 5.71. The predicted molar refractivity (Wildman–Crippen MR) is 53.7 cm³/mol. The third-order valence-corrected chi connectivity index (χ3v) is 2.15. The lowest BCUT2D eigenvalue weighted by molar-refractivity contribution is 0.676. The first-order valence-electron chi connectivity index (χ1n) is 4.38. The van der Waals surface area contributed by atoms with Gasteiger partial charge >= 0.3 is 0 Å². The van der Waals surface area contributed by atoms with Crippen LogP contribution in [0.5, 0.6) is 0 Å². The Labute approximate surface area is 77.8 Å². The fourth-order valence-corrected chi connectivity index (χ4v) is 1.26. The molecule has 3 heteroatoms. The van der Waals surface area contributed by atoms with Crippen LogP contribution in [0.15, 0.2) is 17.4 Å². The molecule has 3 nitrogen and oxygen atoms in total. The van der Waals surface area contributed by atoms with Crippen LogP contribution >= 0.6 is 0 Å². The minimum atomic E-state index is 0.0210. The van der Waals surface area contributed by atoms with E-state index in [4.69, 9.17) is 0 Å². The van der Waals surface area contributed by atoms with Crippen molar-refractivity contribution in [3.8, 4) is 0 Å². The van der Waals surface area contributed by atoms with Crippen LogP contribution < -0.4 is 0 Å². The summed E-state index contributed by atoms with van der Waals surface area (Å²) >= 11 is 0. The molecule has 0 bridgehead atoms. The number of rotatable bonds is 0. The van der Waals surface area contributed by atoms with Gasteiger partial charge in [0.2, 0.25) is 0 Å². The second-order valence-electron chi connectivity index (χ2n) is 4.00. The lowest BCUT2D eigenvalue weighted by atomic mass is 9.95. The monoisotopic (exact) mass is 175 g/mol. The Morgan fingerprint density at radius 3 is 2.92 bits per heavy atom. The molecule has 1 aliphatic heterocycles. The maximum Gasteiger partial charge on any atom is 0.0898 e. The van der Waals surface area contributed by atoms with Gasteiger partial charge < -0.3 is 0 Å². The Bertz CT molecular complexity index is 383. The van der Waals surface area contributed by atoms with Crippen LogP contribution in [-0.4, -0.2) is 16.1 Å². The third-order valence-electron chi connectivity index (χ3n) is 2.15. The number of nitrogens with zero attached hydrogens (tertiary/aromatic N) is 3.